The van der Waals surface area contributed by atoms with Crippen molar-refractivity contribution in [3.8, 4) is 0 Å². The van der Waals surface area contributed by atoms with Crippen LogP contribution in [0, 0.1) is 5.92 Å². The van der Waals surface area contributed by atoms with Gasteiger partial charge < -0.3 is 20.9 Å². The molecule has 1 saturated carbocycles. The number of anilines is 1. The monoisotopic (exact) mass is 651 g/mol. The Labute approximate surface area is 273 Å². The lowest BCUT2D eigenvalue weighted by Crippen LogP contribution is -2.38. The fourth-order valence-corrected chi connectivity index (χ4v) is 7.68. The number of hydrogen-bond acceptors (Lipinski definition) is 7. The van der Waals surface area contributed by atoms with E-state index >= 15 is 0 Å². The molecular weight excluding hydrogens is 614 g/mol. The Morgan fingerprint density at radius 2 is 1.74 bits per heavy atom. The van der Waals surface area contributed by atoms with Crippen molar-refractivity contribution >= 4 is 49.6 Å². The molecule has 0 bridgehead atoms. The Morgan fingerprint density at radius 1 is 0.979 bits per heavy atom. The number of imidazole rings is 1. The number of aromatic amines is 1. The number of sulfonamides is 1. The molecule has 0 spiro atoms. The van der Waals surface area contributed by atoms with Crippen molar-refractivity contribution in [1.29, 1.82) is 0 Å². The molecule has 2 amide bonds. The van der Waals surface area contributed by atoms with Crippen LogP contribution in [-0.4, -0.2) is 48.3 Å². The zero-order valence-corrected chi connectivity index (χ0v) is 27.0. The molecule has 7 rings (SSSR count). The molecule has 12 heteroatoms. The minimum absolute atomic E-state index is 0.115. The summed E-state index contributed by atoms with van der Waals surface area (Å²) in [5.74, 6) is 0.263. The maximum absolute atomic E-state index is 13.9. The lowest BCUT2D eigenvalue weighted by molar-refractivity contribution is -0.120. The normalized spacial score (nSPS) is 17.6. The highest BCUT2D eigenvalue weighted by Gasteiger charge is 2.37. The number of carbonyl (C=O) groups excluding carboxylic acids is 2. The fourth-order valence-electron chi connectivity index (χ4n) is 6.23. The van der Waals surface area contributed by atoms with Gasteiger partial charge in [0.05, 0.1) is 34.6 Å². The molecule has 11 nitrogen and oxygen atoms in total. The van der Waals surface area contributed by atoms with Crippen molar-refractivity contribution in [2.24, 2.45) is 5.92 Å². The molecule has 0 saturated heterocycles. The number of hydrogen-bond donors (Lipinski definition) is 5. The van der Waals surface area contributed by atoms with Gasteiger partial charge >= 0.3 is 0 Å². The second-order valence-corrected chi connectivity index (χ2v) is 14.5. The van der Waals surface area contributed by atoms with Gasteiger partial charge in [0.1, 0.15) is 0 Å². The predicted octanol–water partition coefficient (Wildman–Crippen LogP) is 5.07. The SMILES string of the molecule is CC(C)CNS(=O)(=O)c1cc2c(c3cnc(C4CC4)cc13)[C@H](Nc1nc3ccccc3[nH]1)C[C@H]2NC(=O)CNC(=O)c1ccccc1. The number of nitrogens with one attached hydrogen (secondary N) is 5. The zero-order chi connectivity index (χ0) is 32.7. The third-order valence-corrected chi connectivity index (χ3v) is 10.2. The standard InChI is InChI=1S/C35H37N7O4S/c1-20(2)17-38-47(45,46)31-15-24-29(39-32(43)19-37-34(44)22-8-4-3-5-9-22)16-30(42-35-40-26-10-6-7-11-27(26)41-35)33(24)25-18-36-28(14-23(25)31)21-12-13-21/h3-11,14-15,18,20-21,29-30,38H,12-13,16-17,19H2,1-2H3,(H,37,44)(H,39,43)(H2,40,41,42)/t29-,30-/m1/s1. The summed E-state index contributed by atoms with van der Waals surface area (Å²) in [7, 11) is -3.91. The number of benzene rings is 3. The number of H-pyrrole nitrogens is 1. The minimum atomic E-state index is -3.91. The number of carbonyl (C=O) groups is 2. The van der Waals surface area contributed by atoms with E-state index in [0.717, 1.165) is 35.1 Å². The van der Waals surface area contributed by atoms with Crippen LogP contribution in [0.3, 0.4) is 0 Å². The highest BCUT2D eigenvalue weighted by atomic mass is 32.2. The second-order valence-electron chi connectivity index (χ2n) is 12.8. The first kappa shape index (κ1) is 30.8. The topological polar surface area (TPSA) is 158 Å². The van der Waals surface area contributed by atoms with Crippen molar-refractivity contribution in [2.45, 2.75) is 56.0 Å². The summed E-state index contributed by atoms with van der Waals surface area (Å²) < 4.78 is 30.5. The molecule has 0 aliphatic heterocycles. The molecule has 5 N–H and O–H groups in total. The van der Waals surface area contributed by atoms with E-state index in [9.17, 15) is 18.0 Å². The minimum Gasteiger partial charge on any atom is -0.349 e. The van der Waals surface area contributed by atoms with Crippen LogP contribution in [0.1, 0.15) is 78.3 Å². The number of aromatic nitrogens is 3. The molecule has 2 atom stereocenters. The smallest absolute Gasteiger partial charge is 0.251 e. The molecule has 2 aromatic heterocycles. The van der Waals surface area contributed by atoms with Gasteiger partial charge in [-0.05, 0) is 72.7 Å². The summed E-state index contributed by atoms with van der Waals surface area (Å²) in [6.07, 6.45) is 4.26. The van der Waals surface area contributed by atoms with Crippen molar-refractivity contribution in [1.82, 2.24) is 30.3 Å². The Kier molecular flexibility index (Phi) is 8.15. The number of nitrogens with zero attached hydrogens (tertiary/aromatic N) is 2. The lowest BCUT2D eigenvalue weighted by atomic mass is 9.98. The summed E-state index contributed by atoms with van der Waals surface area (Å²) in [6.45, 7) is 3.96. The molecule has 5 aromatic rings. The summed E-state index contributed by atoms with van der Waals surface area (Å²) >= 11 is 0. The van der Waals surface area contributed by atoms with Crippen LogP contribution in [0.25, 0.3) is 21.8 Å². The molecule has 2 aliphatic carbocycles. The molecule has 47 heavy (non-hydrogen) atoms. The van der Waals surface area contributed by atoms with Crippen LogP contribution < -0.4 is 20.7 Å². The average molecular weight is 652 g/mol. The van der Waals surface area contributed by atoms with Crippen LogP contribution in [0.4, 0.5) is 5.95 Å². The first-order valence-corrected chi connectivity index (χ1v) is 17.4. The van der Waals surface area contributed by atoms with Gasteiger partial charge in [-0.25, -0.2) is 18.1 Å². The van der Waals surface area contributed by atoms with Gasteiger partial charge in [0.25, 0.3) is 5.91 Å². The van der Waals surface area contributed by atoms with E-state index in [4.69, 9.17) is 9.97 Å². The van der Waals surface area contributed by atoms with Crippen LogP contribution in [0.5, 0.6) is 0 Å². The highest BCUT2D eigenvalue weighted by molar-refractivity contribution is 7.89. The van der Waals surface area contributed by atoms with Gasteiger partial charge in [0.2, 0.25) is 21.9 Å². The number of rotatable bonds is 11. The highest BCUT2D eigenvalue weighted by Crippen LogP contribution is 2.47. The largest absolute Gasteiger partial charge is 0.349 e. The molecule has 242 valence electrons. The van der Waals surface area contributed by atoms with E-state index in [1.165, 1.54) is 0 Å². The van der Waals surface area contributed by atoms with Gasteiger partial charge in [-0.1, -0.05) is 44.2 Å². The molecule has 0 radical (unpaired) electrons. The van der Waals surface area contributed by atoms with Crippen molar-refractivity contribution in [3.05, 3.63) is 95.3 Å². The fraction of sp³-hybridized carbons (Fsp3) is 0.314. The van der Waals surface area contributed by atoms with Gasteiger partial charge in [0.15, 0.2) is 0 Å². The Balaban J connectivity index is 1.27. The summed E-state index contributed by atoms with van der Waals surface area (Å²) in [6, 6.07) is 19.2. The molecule has 2 aliphatic rings. The molecular formula is C35H37N7O4S. The average Bonchev–Trinajstić information content (AvgIpc) is 3.76. The maximum atomic E-state index is 13.9. The number of amides is 2. The van der Waals surface area contributed by atoms with E-state index in [-0.39, 0.29) is 35.2 Å². The summed E-state index contributed by atoms with van der Waals surface area (Å²) in [5, 5.41) is 10.6. The van der Waals surface area contributed by atoms with Gasteiger partial charge in [0, 0.05) is 40.7 Å². The first-order chi connectivity index (χ1) is 22.7. The quantitative estimate of drug-likeness (QED) is 0.133. The Morgan fingerprint density at radius 3 is 2.49 bits per heavy atom. The van der Waals surface area contributed by atoms with Crippen molar-refractivity contribution in [2.75, 3.05) is 18.4 Å². The number of fused-ring (bicyclic) bond motifs is 4. The van der Waals surface area contributed by atoms with E-state index in [1.54, 1.807) is 36.5 Å². The number of para-hydroxylation sites is 2. The molecule has 1 fully saturated rings. The maximum Gasteiger partial charge on any atom is 0.251 e. The van der Waals surface area contributed by atoms with Gasteiger partial charge in [-0.2, -0.15) is 0 Å². The number of pyridine rings is 1. The second kappa shape index (κ2) is 12.4. The van der Waals surface area contributed by atoms with Crippen LogP contribution in [0.15, 0.2) is 77.8 Å². The van der Waals surface area contributed by atoms with E-state index in [0.29, 0.717) is 46.7 Å². The van der Waals surface area contributed by atoms with Gasteiger partial charge in [-0.3, -0.25) is 14.6 Å². The third-order valence-electron chi connectivity index (χ3n) is 8.72. The molecule has 0 unspecified atom stereocenters. The zero-order valence-electron chi connectivity index (χ0n) is 26.2. The lowest BCUT2D eigenvalue weighted by Gasteiger charge is -2.19. The van der Waals surface area contributed by atoms with Crippen LogP contribution in [0.2, 0.25) is 0 Å². The van der Waals surface area contributed by atoms with Crippen LogP contribution >= 0.6 is 0 Å². The first-order valence-electron chi connectivity index (χ1n) is 16.0. The Hall–Kier alpha value is -4.81. The molecule has 3 aromatic carbocycles. The Bertz CT molecular complexity index is 2060. The van der Waals surface area contributed by atoms with Crippen molar-refractivity contribution in [3.63, 3.8) is 0 Å². The van der Waals surface area contributed by atoms with Crippen molar-refractivity contribution < 1.29 is 18.0 Å². The van der Waals surface area contributed by atoms with Gasteiger partial charge in [-0.15, -0.1) is 0 Å². The predicted molar refractivity (Wildman–Crippen MR) is 180 cm³/mol. The molecule has 2 heterocycles. The van der Waals surface area contributed by atoms with E-state index in [2.05, 4.69) is 25.7 Å². The summed E-state index contributed by atoms with van der Waals surface area (Å²) in [5.41, 5.74) is 4.57. The van der Waals surface area contributed by atoms with E-state index < -0.39 is 16.1 Å². The third kappa shape index (κ3) is 6.43. The van der Waals surface area contributed by atoms with Crippen LogP contribution in [-0.2, 0) is 14.8 Å². The summed E-state index contributed by atoms with van der Waals surface area (Å²) in [4.78, 5) is 38.9. The van der Waals surface area contributed by atoms with E-state index in [1.807, 2.05) is 50.2 Å².